The van der Waals surface area contributed by atoms with Crippen molar-refractivity contribution < 1.29 is 9.47 Å². The molecule has 0 bridgehead atoms. The summed E-state index contributed by atoms with van der Waals surface area (Å²) >= 11 is 0. The lowest BCUT2D eigenvalue weighted by molar-refractivity contribution is 0.290. The Morgan fingerprint density at radius 3 is 2.17 bits per heavy atom. The molecular formula is C21H28O2. The summed E-state index contributed by atoms with van der Waals surface area (Å²) in [7, 11) is 0. The topological polar surface area (TPSA) is 18.5 Å². The van der Waals surface area contributed by atoms with Crippen LogP contribution in [0.25, 0.3) is 0 Å². The van der Waals surface area contributed by atoms with Crippen LogP contribution in [0.3, 0.4) is 0 Å². The van der Waals surface area contributed by atoms with E-state index in [1.165, 1.54) is 37.7 Å². The van der Waals surface area contributed by atoms with Crippen molar-refractivity contribution in [2.45, 2.75) is 52.1 Å². The molecule has 2 aromatic carbocycles. The van der Waals surface area contributed by atoms with Crippen LogP contribution in [0.15, 0.2) is 54.6 Å². The van der Waals surface area contributed by atoms with Gasteiger partial charge in [-0.15, -0.1) is 0 Å². The molecule has 2 rings (SSSR count). The maximum atomic E-state index is 5.83. The lowest BCUT2D eigenvalue weighted by atomic mass is 10.1. The fourth-order valence-corrected chi connectivity index (χ4v) is 2.47. The van der Waals surface area contributed by atoms with Crippen LogP contribution in [0.2, 0.25) is 0 Å². The van der Waals surface area contributed by atoms with Crippen molar-refractivity contribution >= 4 is 0 Å². The van der Waals surface area contributed by atoms with Gasteiger partial charge in [0.05, 0.1) is 6.61 Å². The summed E-state index contributed by atoms with van der Waals surface area (Å²) in [6.07, 6.45) is 7.69. The van der Waals surface area contributed by atoms with Crippen molar-refractivity contribution in [1.82, 2.24) is 0 Å². The number of ether oxygens (including phenoxy) is 2. The Balaban J connectivity index is 1.68. The monoisotopic (exact) mass is 312 g/mol. The third-order valence-electron chi connectivity index (χ3n) is 3.82. The maximum absolute atomic E-state index is 5.83. The molecule has 0 amide bonds. The molecule has 0 radical (unpaired) electrons. The molecule has 0 spiro atoms. The minimum Gasteiger partial charge on any atom is -0.493 e. The van der Waals surface area contributed by atoms with Crippen LogP contribution in [0.4, 0.5) is 0 Å². The van der Waals surface area contributed by atoms with Gasteiger partial charge in [-0.1, -0.05) is 75.4 Å². The number of unbranched alkanes of at least 4 members (excludes halogenated alkanes) is 5. The second kappa shape index (κ2) is 10.7. The van der Waals surface area contributed by atoms with Gasteiger partial charge in [0.15, 0.2) is 0 Å². The summed E-state index contributed by atoms with van der Waals surface area (Å²) in [4.78, 5) is 0. The molecule has 2 heteroatoms. The molecule has 0 saturated carbocycles. The number of benzene rings is 2. The van der Waals surface area contributed by atoms with Crippen LogP contribution in [-0.4, -0.2) is 6.61 Å². The van der Waals surface area contributed by atoms with E-state index in [1.807, 2.05) is 42.5 Å². The van der Waals surface area contributed by atoms with E-state index < -0.39 is 0 Å². The molecule has 0 aliphatic rings. The van der Waals surface area contributed by atoms with E-state index in [2.05, 4.69) is 19.1 Å². The summed E-state index contributed by atoms with van der Waals surface area (Å²) < 4.78 is 11.6. The van der Waals surface area contributed by atoms with Gasteiger partial charge in [0.2, 0.25) is 0 Å². The van der Waals surface area contributed by atoms with Crippen molar-refractivity contribution in [1.29, 1.82) is 0 Å². The van der Waals surface area contributed by atoms with Gasteiger partial charge < -0.3 is 9.47 Å². The highest BCUT2D eigenvalue weighted by Crippen LogP contribution is 2.21. The van der Waals surface area contributed by atoms with Gasteiger partial charge in [0.1, 0.15) is 18.1 Å². The normalized spacial score (nSPS) is 10.5. The van der Waals surface area contributed by atoms with Gasteiger partial charge >= 0.3 is 0 Å². The van der Waals surface area contributed by atoms with Crippen LogP contribution in [0.5, 0.6) is 11.5 Å². The molecule has 0 heterocycles. The third kappa shape index (κ3) is 7.23. The van der Waals surface area contributed by atoms with Crippen molar-refractivity contribution in [2.24, 2.45) is 0 Å². The Hall–Kier alpha value is -1.96. The summed E-state index contributed by atoms with van der Waals surface area (Å²) in [6.45, 7) is 3.62. The zero-order chi connectivity index (χ0) is 16.2. The second-order valence-corrected chi connectivity index (χ2v) is 5.87. The summed E-state index contributed by atoms with van der Waals surface area (Å²) in [6, 6.07) is 18.1. The highest BCUT2D eigenvalue weighted by Gasteiger charge is 1.99. The summed E-state index contributed by atoms with van der Waals surface area (Å²) in [5, 5.41) is 0. The van der Waals surface area contributed by atoms with E-state index >= 15 is 0 Å². The average molecular weight is 312 g/mol. The highest BCUT2D eigenvalue weighted by molar-refractivity contribution is 5.33. The van der Waals surface area contributed by atoms with Gasteiger partial charge in [-0.3, -0.25) is 0 Å². The van der Waals surface area contributed by atoms with E-state index in [1.54, 1.807) is 0 Å². The lowest BCUT2D eigenvalue weighted by Gasteiger charge is -2.09. The largest absolute Gasteiger partial charge is 0.493 e. The first-order valence-electron chi connectivity index (χ1n) is 8.78. The predicted octanol–water partition coefficient (Wildman–Crippen LogP) is 6.00. The first kappa shape index (κ1) is 17.4. The van der Waals surface area contributed by atoms with Crippen LogP contribution in [0, 0.1) is 0 Å². The Morgan fingerprint density at radius 1 is 0.696 bits per heavy atom. The van der Waals surface area contributed by atoms with Crippen LogP contribution in [0.1, 0.15) is 51.0 Å². The fraction of sp³-hybridized carbons (Fsp3) is 0.429. The van der Waals surface area contributed by atoms with Crippen molar-refractivity contribution in [3.8, 4) is 11.5 Å². The molecule has 0 N–H and O–H groups in total. The van der Waals surface area contributed by atoms with E-state index in [0.717, 1.165) is 24.5 Å². The van der Waals surface area contributed by atoms with Gasteiger partial charge in [-0.25, -0.2) is 0 Å². The SMILES string of the molecule is CCCCCCCCOc1cccc(OCc2ccccc2)c1. The van der Waals surface area contributed by atoms with E-state index in [9.17, 15) is 0 Å². The zero-order valence-electron chi connectivity index (χ0n) is 14.2. The van der Waals surface area contributed by atoms with E-state index in [4.69, 9.17) is 9.47 Å². The number of rotatable bonds is 11. The number of hydrogen-bond donors (Lipinski definition) is 0. The van der Waals surface area contributed by atoms with Crippen LogP contribution >= 0.6 is 0 Å². The highest BCUT2D eigenvalue weighted by atomic mass is 16.5. The molecule has 2 aromatic rings. The van der Waals surface area contributed by atoms with Gasteiger partial charge in [0, 0.05) is 6.07 Å². The van der Waals surface area contributed by atoms with Crippen molar-refractivity contribution in [3.63, 3.8) is 0 Å². The quantitative estimate of drug-likeness (QED) is 0.473. The minimum absolute atomic E-state index is 0.585. The van der Waals surface area contributed by atoms with Crippen molar-refractivity contribution in [3.05, 3.63) is 60.2 Å². The predicted molar refractivity (Wildman–Crippen MR) is 96.1 cm³/mol. The molecule has 23 heavy (non-hydrogen) atoms. The van der Waals surface area contributed by atoms with Crippen molar-refractivity contribution in [2.75, 3.05) is 6.61 Å². The minimum atomic E-state index is 0.585. The molecule has 0 unspecified atom stereocenters. The smallest absolute Gasteiger partial charge is 0.123 e. The lowest BCUT2D eigenvalue weighted by Crippen LogP contribution is -1.99. The standard InChI is InChI=1S/C21H28O2/c1-2-3-4-5-6-10-16-22-20-14-11-15-21(17-20)23-18-19-12-8-7-9-13-19/h7-9,11-15,17H,2-6,10,16,18H2,1H3. The zero-order valence-corrected chi connectivity index (χ0v) is 14.2. The molecular weight excluding hydrogens is 284 g/mol. The third-order valence-corrected chi connectivity index (χ3v) is 3.82. The Kier molecular flexibility index (Phi) is 8.10. The summed E-state index contributed by atoms with van der Waals surface area (Å²) in [5.41, 5.74) is 1.17. The molecule has 0 atom stereocenters. The molecule has 0 aliphatic heterocycles. The fourth-order valence-electron chi connectivity index (χ4n) is 2.47. The molecule has 0 aliphatic carbocycles. The van der Waals surface area contributed by atoms with Gasteiger partial charge in [0.25, 0.3) is 0 Å². The first-order chi connectivity index (χ1) is 11.4. The van der Waals surface area contributed by atoms with E-state index in [0.29, 0.717) is 6.61 Å². The summed E-state index contributed by atoms with van der Waals surface area (Å²) in [5.74, 6) is 1.75. The van der Waals surface area contributed by atoms with Crippen LogP contribution < -0.4 is 9.47 Å². The Morgan fingerprint density at radius 2 is 1.39 bits per heavy atom. The van der Waals surface area contributed by atoms with Gasteiger partial charge in [-0.05, 0) is 24.1 Å². The molecule has 0 fully saturated rings. The molecule has 0 saturated heterocycles. The molecule has 2 nitrogen and oxygen atoms in total. The van der Waals surface area contributed by atoms with Crippen LogP contribution in [-0.2, 0) is 6.61 Å². The van der Waals surface area contributed by atoms with Gasteiger partial charge in [-0.2, -0.15) is 0 Å². The number of hydrogen-bond acceptors (Lipinski definition) is 2. The Labute approximate surface area is 140 Å². The maximum Gasteiger partial charge on any atom is 0.123 e. The molecule has 124 valence electrons. The first-order valence-corrected chi connectivity index (χ1v) is 8.78. The average Bonchev–Trinajstić information content (AvgIpc) is 2.60. The molecule has 0 aromatic heterocycles. The Bertz CT molecular complexity index is 537. The van der Waals surface area contributed by atoms with E-state index in [-0.39, 0.29) is 0 Å². The second-order valence-electron chi connectivity index (χ2n) is 5.87.